The van der Waals surface area contributed by atoms with Crippen LogP contribution in [0.25, 0.3) is 0 Å². The molecule has 0 unspecified atom stereocenters. The van der Waals surface area contributed by atoms with Crippen LogP contribution in [0.1, 0.15) is 45.4 Å². The molecule has 0 radical (unpaired) electrons. The molecule has 0 N–H and O–H groups in total. The summed E-state index contributed by atoms with van der Waals surface area (Å²) in [4.78, 5) is 28.1. The minimum Gasteiger partial charge on any atom is -0.343 e. The van der Waals surface area contributed by atoms with Gasteiger partial charge >= 0.3 is 0 Å². The summed E-state index contributed by atoms with van der Waals surface area (Å²) in [5.74, 6) is 0.839. The largest absolute Gasteiger partial charge is 0.343 e. The smallest absolute Gasteiger partial charge is 0.223 e. The highest BCUT2D eigenvalue weighted by molar-refractivity contribution is 5.81. The van der Waals surface area contributed by atoms with E-state index in [0.717, 1.165) is 45.6 Å². The van der Waals surface area contributed by atoms with Crippen molar-refractivity contribution < 1.29 is 9.59 Å². The van der Waals surface area contributed by atoms with E-state index in [0.29, 0.717) is 18.6 Å². The number of carbonyl (C=O) groups excluding carboxylic acids is 2. The van der Waals surface area contributed by atoms with Crippen molar-refractivity contribution >= 4 is 11.7 Å². The van der Waals surface area contributed by atoms with Crippen LogP contribution in [0.3, 0.4) is 0 Å². The first-order chi connectivity index (χ1) is 9.20. The van der Waals surface area contributed by atoms with Gasteiger partial charge in [0.2, 0.25) is 5.91 Å². The number of carbonyl (C=O) groups is 2. The van der Waals surface area contributed by atoms with Gasteiger partial charge in [-0.3, -0.25) is 9.59 Å². The third-order valence-electron chi connectivity index (χ3n) is 4.49. The lowest BCUT2D eigenvalue weighted by Crippen LogP contribution is -2.41. The van der Waals surface area contributed by atoms with E-state index in [1.165, 1.54) is 12.8 Å². The molecule has 4 nitrogen and oxygen atoms in total. The SMILES string of the molecule is CCC(=O)C1CCN(C(=O)CCN2CCCC2)CC1. The fourth-order valence-electron chi connectivity index (χ4n) is 3.16. The standard InChI is InChI=1S/C15H26N2O2/c1-2-14(18)13-5-11-17(12-6-13)15(19)7-10-16-8-3-4-9-16/h13H,2-12H2,1H3. The van der Waals surface area contributed by atoms with Crippen LogP contribution in [0.2, 0.25) is 0 Å². The lowest BCUT2D eigenvalue weighted by Gasteiger charge is -2.31. The molecule has 0 spiro atoms. The van der Waals surface area contributed by atoms with Gasteiger partial charge in [0, 0.05) is 38.4 Å². The lowest BCUT2D eigenvalue weighted by molar-refractivity contribution is -0.135. The molecule has 0 aromatic carbocycles. The quantitative estimate of drug-likeness (QED) is 0.760. The van der Waals surface area contributed by atoms with E-state index in [-0.39, 0.29) is 11.8 Å². The normalized spacial score (nSPS) is 21.8. The monoisotopic (exact) mass is 266 g/mol. The fourth-order valence-corrected chi connectivity index (χ4v) is 3.16. The molecule has 0 atom stereocenters. The van der Waals surface area contributed by atoms with Crippen LogP contribution >= 0.6 is 0 Å². The highest BCUT2D eigenvalue weighted by Gasteiger charge is 2.26. The number of rotatable bonds is 5. The predicted octanol–water partition coefficient (Wildman–Crippen LogP) is 1.69. The van der Waals surface area contributed by atoms with Gasteiger partial charge in [0.15, 0.2) is 0 Å². The maximum Gasteiger partial charge on any atom is 0.223 e. The molecule has 0 aromatic heterocycles. The maximum atomic E-state index is 12.1. The summed E-state index contributed by atoms with van der Waals surface area (Å²) in [6.45, 7) is 6.69. The summed E-state index contributed by atoms with van der Waals surface area (Å²) in [5, 5.41) is 0. The highest BCUT2D eigenvalue weighted by Crippen LogP contribution is 2.20. The number of likely N-dealkylation sites (tertiary alicyclic amines) is 2. The molecular weight excluding hydrogens is 240 g/mol. The summed E-state index contributed by atoms with van der Waals surface area (Å²) in [6.07, 6.45) is 5.56. The second kappa shape index (κ2) is 7.04. The predicted molar refractivity (Wildman–Crippen MR) is 74.9 cm³/mol. The first-order valence-electron chi connectivity index (χ1n) is 7.73. The van der Waals surface area contributed by atoms with Crippen LogP contribution in [-0.4, -0.2) is 54.2 Å². The molecule has 2 fully saturated rings. The van der Waals surface area contributed by atoms with Gasteiger partial charge in [-0.25, -0.2) is 0 Å². The van der Waals surface area contributed by atoms with Gasteiger partial charge in [0.1, 0.15) is 5.78 Å². The number of ketones is 1. The topological polar surface area (TPSA) is 40.6 Å². The zero-order valence-corrected chi connectivity index (χ0v) is 12.1. The minimum atomic E-state index is 0.202. The Kier molecular flexibility index (Phi) is 5.37. The average molecular weight is 266 g/mol. The lowest BCUT2D eigenvalue weighted by atomic mass is 9.91. The van der Waals surface area contributed by atoms with Crippen molar-refractivity contribution in [3.63, 3.8) is 0 Å². The molecule has 2 rings (SSSR count). The van der Waals surface area contributed by atoms with Gasteiger partial charge < -0.3 is 9.80 Å². The zero-order valence-electron chi connectivity index (χ0n) is 12.1. The summed E-state index contributed by atoms with van der Waals surface area (Å²) < 4.78 is 0. The second-order valence-electron chi connectivity index (χ2n) is 5.77. The van der Waals surface area contributed by atoms with Crippen molar-refractivity contribution in [3.05, 3.63) is 0 Å². The van der Waals surface area contributed by atoms with Gasteiger partial charge in [-0.05, 0) is 38.8 Å². The van der Waals surface area contributed by atoms with Crippen molar-refractivity contribution in [2.45, 2.75) is 45.4 Å². The van der Waals surface area contributed by atoms with Gasteiger partial charge in [0.05, 0.1) is 0 Å². The fraction of sp³-hybridized carbons (Fsp3) is 0.867. The van der Waals surface area contributed by atoms with Crippen molar-refractivity contribution in [1.29, 1.82) is 0 Å². The van der Waals surface area contributed by atoms with Crippen LogP contribution in [0.4, 0.5) is 0 Å². The van der Waals surface area contributed by atoms with Crippen LogP contribution in [-0.2, 0) is 9.59 Å². The maximum absolute atomic E-state index is 12.1. The Morgan fingerprint density at radius 3 is 2.26 bits per heavy atom. The molecule has 2 aliphatic rings. The Morgan fingerprint density at radius 1 is 1.05 bits per heavy atom. The number of hydrogen-bond acceptors (Lipinski definition) is 3. The Labute approximate surface area is 116 Å². The van der Waals surface area contributed by atoms with E-state index in [1.807, 2.05) is 11.8 Å². The Morgan fingerprint density at radius 2 is 1.68 bits per heavy atom. The van der Waals surface area contributed by atoms with Crippen LogP contribution in [0.5, 0.6) is 0 Å². The van der Waals surface area contributed by atoms with E-state index < -0.39 is 0 Å². The van der Waals surface area contributed by atoms with Gasteiger partial charge in [-0.1, -0.05) is 6.92 Å². The molecule has 0 saturated carbocycles. The summed E-state index contributed by atoms with van der Waals surface area (Å²) in [5.41, 5.74) is 0. The number of nitrogens with zero attached hydrogens (tertiary/aromatic N) is 2. The summed E-state index contributed by atoms with van der Waals surface area (Å²) in [6, 6.07) is 0. The zero-order chi connectivity index (χ0) is 13.7. The van der Waals surface area contributed by atoms with Crippen LogP contribution in [0, 0.1) is 5.92 Å². The molecule has 1 amide bonds. The van der Waals surface area contributed by atoms with E-state index in [4.69, 9.17) is 0 Å². The van der Waals surface area contributed by atoms with Gasteiger partial charge in [0.25, 0.3) is 0 Å². The third-order valence-corrected chi connectivity index (χ3v) is 4.49. The molecule has 0 aliphatic carbocycles. The van der Waals surface area contributed by atoms with Crippen LogP contribution in [0.15, 0.2) is 0 Å². The van der Waals surface area contributed by atoms with E-state index >= 15 is 0 Å². The van der Waals surface area contributed by atoms with Crippen molar-refractivity contribution in [3.8, 4) is 0 Å². The number of hydrogen-bond donors (Lipinski definition) is 0. The van der Waals surface area contributed by atoms with Crippen molar-refractivity contribution in [2.75, 3.05) is 32.7 Å². The molecule has 2 heterocycles. The highest BCUT2D eigenvalue weighted by atomic mass is 16.2. The second-order valence-corrected chi connectivity index (χ2v) is 5.77. The molecule has 19 heavy (non-hydrogen) atoms. The molecule has 0 aromatic rings. The van der Waals surface area contributed by atoms with Crippen LogP contribution < -0.4 is 0 Å². The van der Waals surface area contributed by atoms with Crippen molar-refractivity contribution in [1.82, 2.24) is 9.80 Å². The van der Waals surface area contributed by atoms with Gasteiger partial charge in [-0.15, -0.1) is 0 Å². The Balaban J connectivity index is 1.68. The number of piperidine rings is 1. The third kappa shape index (κ3) is 4.03. The van der Waals surface area contributed by atoms with E-state index in [2.05, 4.69) is 4.90 Å². The molecule has 2 aliphatic heterocycles. The van der Waals surface area contributed by atoms with Crippen molar-refractivity contribution in [2.24, 2.45) is 5.92 Å². The first kappa shape index (κ1) is 14.5. The molecule has 108 valence electrons. The summed E-state index contributed by atoms with van der Waals surface area (Å²) in [7, 11) is 0. The Hall–Kier alpha value is -0.900. The minimum absolute atomic E-state index is 0.202. The van der Waals surface area contributed by atoms with E-state index in [9.17, 15) is 9.59 Å². The molecule has 2 saturated heterocycles. The number of amides is 1. The summed E-state index contributed by atoms with van der Waals surface area (Å²) >= 11 is 0. The Bertz CT molecular complexity index is 316. The first-order valence-corrected chi connectivity index (χ1v) is 7.73. The van der Waals surface area contributed by atoms with E-state index in [1.54, 1.807) is 0 Å². The molecular formula is C15H26N2O2. The number of Topliss-reactive ketones (excluding diaryl/α,β-unsaturated/α-hetero) is 1. The molecule has 0 bridgehead atoms. The molecule has 4 heteroatoms. The van der Waals surface area contributed by atoms with Gasteiger partial charge in [-0.2, -0.15) is 0 Å². The average Bonchev–Trinajstić information content (AvgIpc) is 2.97.